The van der Waals surface area contributed by atoms with Crippen molar-refractivity contribution in [2.45, 2.75) is 0 Å². The fourth-order valence-corrected chi connectivity index (χ4v) is 1.24. The predicted octanol–water partition coefficient (Wildman–Crippen LogP) is 0.369. The fourth-order valence-electron chi connectivity index (χ4n) is 1.24. The summed E-state index contributed by atoms with van der Waals surface area (Å²) in [5, 5.41) is 19.2. The van der Waals surface area contributed by atoms with E-state index >= 15 is 0 Å². The maximum Gasteiger partial charge on any atom is 0.376 e. The smallest absolute Gasteiger partial charge is 0.376 e. The third-order valence-electron chi connectivity index (χ3n) is 1.96. The zero-order valence-electron chi connectivity index (χ0n) is 8.36. The van der Waals surface area contributed by atoms with Crippen LogP contribution in [-0.2, 0) is 0 Å². The lowest BCUT2D eigenvalue weighted by Gasteiger charge is -2.03. The first-order valence-corrected chi connectivity index (χ1v) is 4.38. The van der Waals surface area contributed by atoms with Gasteiger partial charge in [0, 0.05) is 6.07 Å². The summed E-state index contributed by atoms with van der Waals surface area (Å²) in [4.78, 5) is 10.8. The number of ether oxygens (including phenoxy) is 1. The van der Waals surface area contributed by atoms with E-state index in [9.17, 15) is 4.79 Å². The number of aromatic nitrogens is 4. The molecule has 0 radical (unpaired) electrons. The highest BCUT2D eigenvalue weighted by molar-refractivity contribution is 5.83. The van der Waals surface area contributed by atoms with Crippen molar-refractivity contribution in [3.8, 4) is 11.4 Å². The van der Waals surface area contributed by atoms with Crippen LogP contribution in [0.4, 0.5) is 0 Å². The lowest BCUT2D eigenvalue weighted by Crippen LogP contribution is -2.09. The molecule has 0 saturated heterocycles. The highest BCUT2D eigenvalue weighted by atomic mass is 16.5. The van der Waals surface area contributed by atoms with E-state index in [0.29, 0.717) is 11.4 Å². The minimum atomic E-state index is -1.19. The molecule has 0 amide bonds. The molecule has 7 nitrogen and oxygen atoms in total. The highest BCUT2D eigenvalue weighted by Gasteiger charge is 2.15. The zero-order chi connectivity index (χ0) is 11.5. The lowest BCUT2D eigenvalue weighted by atomic mass is 10.3. The van der Waals surface area contributed by atoms with Gasteiger partial charge in [0.25, 0.3) is 5.82 Å². The molecule has 1 N–H and O–H groups in total. The standard InChI is InChI=1S/C9H8N4O3/c1-16-7-4-2-3-6(5-7)13-8(9(14)15)10-11-12-13/h2-5H,1H3,(H,14,15). The van der Waals surface area contributed by atoms with Crippen LogP contribution < -0.4 is 4.74 Å². The Bertz CT molecular complexity index is 523. The van der Waals surface area contributed by atoms with Crippen LogP contribution in [0.1, 0.15) is 10.6 Å². The first kappa shape index (κ1) is 10.1. The van der Waals surface area contributed by atoms with Crippen LogP contribution in [0.3, 0.4) is 0 Å². The lowest BCUT2D eigenvalue weighted by molar-refractivity contribution is 0.0680. The summed E-state index contributed by atoms with van der Waals surface area (Å²) < 4.78 is 6.15. The van der Waals surface area contributed by atoms with Gasteiger partial charge in [0.2, 0.25) is 0 Å². The first-order chi connectivity index (χ1) is 7.72. The quantitative estimate of drug-likeness (QED) is 0.803. The molecule has 0 bridgehead atoms. The van der Waals surface area contributed by atoms with E-state index in [4.69, 9.17) is 9.84 Å². The van der Waals surface area contributed by atoms with Crippen molar-refractivity contribution >= 4 is 5.97 Å². The van der Waals surface area contributed by atoms with Crippen molar-refractivity contribution in [3.05, 3.63) is 30.1 Å². The summed E-state index contributed by atoms with van der Waals surface area (Å²) in [5.41, 5.74) is 0.529. The van der Waals surface area contributed by atoms with Crippen LogP contribution in [0.2, 0.25) is 0 Å². The van der Waals surface area contributed by atoms with Crippen LogP contribution in [-0.4, -0.2) is 38.4 Å². The Morgan fingerprint density at radius 1 is 1.50 bits per heavy atom. The summed E-state index contributed by atoms with van der Waals surface area (Å²) in [6.45, 7) is 0. The molecule has 82 valence electrons. The Balaban J connectivity index is 2.50. The minimum absolute atomic E-state index is 0.242. The number of tetrazole rings is 1. The molecule has 0 aliphatic rings. The van der Waals surface area contributed by atoms with Crippen LogP contribution in [0.5, 0.6) is 5.75 Å². The number of carbonyl (C=O) groups is 1. The van der Waals surface area contributed by atoms with Crippen molar-refractivity contribution in [1.29, 1.82) is 0 Å². The van der Waals surface area contributed by atoms with Gasteiger partial charge in [0.05, 0.1) is 12.8 Å². The second kappa shape index (κ2) is 3.97. The van der Waals surface area contributed by atoms with Gasteiger partial charge in [-0.2, -0.15) is 4.68 Å². The molecule has 0 atom stereocenters. The fraction of sp³-hybridized carbons (Fsp3) is 0.111. The molecule has 1 heterocycles. The second-order valence-electron chi connectivity index (χ2n) is 2.92. The number of hydrogen-bond acceptors (Lipinski definition) is 5. The molecule has 1 aromatic heterocycles. The zero-order valence-corrected chi connectivity index (χ0v) is 8.36. The molecule has 0 fully saturated rings. The Morgan fingerprint density at radius 3 is 3.00 bits per heavy atom. The van der Waals surface area contributed by atoms with Crippen molar-refractivity contribution in [1.82, 2.24) is 20.2 Å². The molecule has 2 rings (SSSR count). The highest BCUT2D eigenvalue weighted by Crippen LogP contribution is 2.16. The van der Waals surface area contributed by atoms with Crippen molar-refractivity contribution in [2.75, 3.05) is 7.11 Å². The Labute approximate surface area is 90.3 Å². The Hall–Kier alpha value is -2.44. The number of benzene rings is 1. The van der Waals surface area contributed by atoms with Gasteiger partial charge in [-0.3, -0.25) is 0 Å². The van der Waals surface area contributed by atoms with E-state index in [-0.39, 0.29) is 5.82 Å². The number of nitrogens with zero attached hydrogens (tertiary/aromatic N) is 4. The number of rotatable bonds is 3. The summed E-state index contributed by atoms with van der Waals surface area (Å²) in [6.07, 6.45) is 0. The average molecular weight is 220 g/mol. The van der Waals surface area contributed by atoms with Crippen LogP contribution >= 0.6 is 0 Å². The van der Waals surface area contributed by atoms with E-state index < -0.39 is 5.97 Å². The molecule has 0 aliphatic carbocycles. The van der Waals surface area contributed by atoms with Crippen LogP contribution in [0.15, 0.2) is 24.3 Å². The Kier molecular flexibility index (Phi) is 2.50. The van der Waals surface area contributed by atoms with Crippen molar-refractivity contribution in [3.63, 3.8) is 0 Å². The minimum Gasteiger partial charge on any atom is -0.497 e. The van der Waals surface area contributed by atoms with E-state index in [0.717, 1.165) is 4.68 Å². The maximum atomic E-state index is 10.8. The molecule has 0 unspecified atom stereocenters. The summed E-state index contributed by atoms with van der Waals surface area (Å²) in [5.74, 6) is -0.828. The van der Waals surface area contributed by atoms with E-state index in [2.05, 4.69) is 15.5 Å². The van der Waals surface area contributed by atoms with E-state index in [1.54, 1.807) is 24.3 Å². The number of carboxylic acids is 1. The van der Waals surface area contributed by atoms with Gasteiger partial charge in [0.1, 0.15) is 5.75 Å². The molecule has 0 spiro atoms. The summed E-state index contributed by atoms with van der Waals surface area (Å²) in [7, 11) is 1.52. The molecule has 16 heavy (non-hydrogen) atoms. The number of carboxylic acid groups (broad SMARTS) is 1. The van der Waals surface area contributed by atoms with Gasteiger partial charge in [0.15, 0.2) is 0 Å². The largest absolute Gasteiger partial charge is 0.497 e. The van der Waals surface area contributed by atoms with Gasteiger partial charge in [-0.15, -0.1) is 5.10 Å². The SMILES string of the molecule is COc1cccc(-n2nnnc2C(=O)O)c1. The maximum absolute atomic E-state index is 10.8. The van der Waals surface area contributed by atoms with Gasteiger partial charge in [-0.05, 0) is 22.6 Å². The monoisotopic (exact) mass is 220 g/mol. The number of hydrogen-bond donors (Lipinski definition) is 1. The van der Waals surface area contributed by atoms with Crippen LogP contribution in [0.25, 0.3) is 5.69 Å². The predicted molar refractivity (Wildman–Crippen MR) is 52.7 cm³/mol. The molecule has 2 aromatic rings. The molecule has 7 heteroatoms. The number of methoxy groups -OCH3 is 1. The van der Waals surface area contributed by atoms with E-state index in [1.807, 2.05) is 0 Å². The van der Waals surface area contributed by atoms with Gasteiger partial charge in [-0.25, -0.2) is 4.79 Å². The third-order valence-corrected chi connectivity index (χ3v) is 1.96. The van der Waals surface area contributed by atoms with Gasteiger partial charge in [-0.1, -0.05) is 6.07 Å². The first-order valence-electron chi connectivity index (χ1n) is 4.38. The molecule has 1 aromatic carbocycles. The third kappa shape index (κ3) is 1.70. The molecule has 0 aliphatic heterocycles. The second-order valence-corrected chi connectivity index (χ2v) is 2.92. The van der Waals surface area contributed by atoms with Gasteiger partial charge < -0.3 is 9.84 Å². The normalized spacial score (nSPS) is 10.1. The summed E-state index contributed by atoms with van der Waals surface area (Å²) in [6, 6.07) is 6.80. The molecular weight excluding hydrogens is 212 g/mol. The molecular formula is C9H8N4O3. The Morgan fingerprint density at radius 2 is 2.31 bits per heavy atom. The summed E-state index contributed by atoms with van der Waals surface area (Å²) >= 11 is 0. The average Bonchev–Trinajstić information content (AvgIpc) is 2.78. The molecule has 0 saturated carbocycles. The van der Waals surface area contributed by atoms with Crippen molar-refractivity contribution < 1.29 is 14.6 Å². The van der Waals surface area contributed by atoms with Crippen LogP contribution in [0, 0.1) is 0 Å². The number of aromatic carboxylic acids is 1. The van der Waals surface area contributed by atoms with Gasteiger partial charge >= 0.3 is 5.97 Å². The van der Waals surface area contributed by atoms with E-state index in [1.165, 1.54) is 7.11 Å². The van der Waals surface area contributed by atoms with Crippen molar-refractivity contribution in [2.24, 2.45) is 0 Å². The topological polar surface area (TPSA) is 90.1 Å².